The van der Waals surface area contributed by atoms with Gasteiger partial charge in [-0.1, -0.05) is 135 Å². The number of unbranched alkanes of at least 4 members (excludes halogenated alkanes) is 21. The van der Waals surface area contributed by atoms with Crippen molar-refractivity contribution in [1.82, 2.24) is 0 Å². The molecule has 194 valence electrons. The van der Waals surface area contributed by atoms with E-state index in [1.165, 1.54) is 136 Å². The van der Waals surface area contributed by atoms with Crippen LogP contribution in [0.2, 0.25) is 0 Å². The minimum absolute atomic E-state index is 0.300. The number of rotatable bonds is 25. The predicted octanol–water partition coefficient (Wildman–Crippen LogP) is 8.58. The number of quaternary nitrogens is 1. The largest absolute Gasteiger partial charge is 0.629 e. The molecule has 0 aliphatic rings. The maximum absolute atomic E-state index is 12.3. The first-order valence-corrected chi connectivity index (χ1v) is 14.4. The highest BCUT2D eigenvalue weighted by Crippen LogP contribution is 2.18. The van der Waals surface area contributed by atoms with Gasteiger partial charge in [-0.05, 0) is 12.8 Å². The second kappa shape index (κ2) is 22.6. The fraction of sp³-hybridized carbons (Fsp3) is 1.00. The van der Waals surface area contributed by atoms with Crippen LogP contribution in [0.15, 0.2) is 0 Å². The quantitative estimate of drug-likeness (QED) is 0.0624. The maximum atomic E-state index is 12.3. The fourth-order valence-electron chi connectivity index (χ4n) is 4.65. The average molecular weight is 458 g/mol. The minimum atomic E-state index is -1.06. The lowest BCUT2D eigenvalue weighted by molar-refractivity contribution is -0.965. The third kappa shape index (κ3) is 18.3. The molecule has 32 heavy (non-hydrogen) atoms. The highest BCUT2D eigenvalue weighted by atomic mass is 16.6. The van der Waals surface area contributed by atoms with Gasteiger partial charge in [0.15, 0.2) is 12.5 Å². The van der Waals surface area contributed by atoms with Gasteiger partial charge in [-0.3, -0.25) is 0 Å². The van der Waals surface area contributed by atoms with Crippen LogP contribution in [-0.2, 0) is 0 Å². The van der Waals surface area contributed by atoms with Gasteiger partial charge in [0.1, 0.15) is 0 Å². The van der Waals surface area contributed by atoms with E-state index in [-0.39, 0.29) is 0 Å². The normalized spacial score (nSPS) is 15.6. The summed E-state index contributed by atoms with van der Waals surface area (Å²) in [7, 11) is 0. The first-order chi connectivity index (χ1) is 15.4. The Morgan fingerprint density at radius 1 is 0.469 bits per heavy atom. The van der Waals surface area contributed by atoms with Crippen molar-refractivity contribution in [3.63, 3.8) is 0 Å². The number of aliphatic hydroxyl groups excluding tert-OH is 2. The molecule has 2 unspecified atom stereocenters. The molecule has 0 amide bonds. The molecule has 0 aliphatic heterocycles. The Labute approximate surface area is 201 Å². The Balaban J connectivity index is 3.23. The number of hydroxylamine groups is 3. The van der Waals surface area contributed by atoms with Crippen molar-refractivity contribution in [2.45, 2.75) is 174 Å². The van der Waals surface area contributed by atoms with Crippen molar-refractivity contribution in [2.75, 3.05) is 6.54 Å². The topological polar surface area (TPSA) is 63.5 Å². The number of hydrogen-bond donors (Lipinski definition) is 2. The van der Waals surface area contributed by atoms with Crippen molar-refractivity contribution < 1.29 is 14.9 Å². The SMILES string of the molecule is CCCCCCCCCCCCCCCCCCCCCCCC[N+]([O-])(C(C)O)C(C)O. The highest BCUT2D eigenvalue weighted by molar-refractivity contribution is 4.52. The summed E-state index contributed by atoms with van der Waals surface area (Å²) in [5.41, 5.74) is 0. The van der Waals surface area contributed by atoms with E-state index in [1.54, 1.807) is 0 Å². The molecule has 0 aromatic carbocycles. The van der Waals surface area contributed by atoms with Gasteiger partial charge in [-0.15, -0.1) is 0 Å². The van der Waals surface area contributed by atoms with Crippen LogP contribution in [0.5, 0.6) is 0 Å². The predicted molar refractivity (Wildman–Crippen MR) is 139 cm³/mol. The molecular weight excluding hydrogens is 398 g/mol. The van der Waals surface area contributed by atoms with Crippen LogP contribution in [-0.4, -0.2) is 33.9 Å². The lowest BCUT2D eigenvalue weighted by atomic mass is 10.0. The molecule has 0 rings (SSSR count). The monoisotopic (exact) mass is 457 g/mol. The van der Waals surface area contributed by atoms with Gasteiger partial charge >= 0.3 is 0 Å². The van der Waals surface area contributed by atoms with Crippen LogP contribution in [0.1, 0.15) is 162 Å². The van der Waals surface area contributed by atoms with Gasteiger partial charge in [-0.2, -0.15) is 0 Å². The summed E-state index contributed by atoms with van der Waals surface area (Å²) >= 11 is 0. The molecule has 0 bridgehead atoms. The second-order valence-corrected chi connectivity index (χ2v) is 10.3. The van der Waals surface area contributed by atoms with Gasteiger partial charge in [-0.25, -0.2) is 0 Å². The Kier molecular flexibility index (Phi) is 22.5. The Hall–Kier alpha value is -0.160. The van der Waals surface area contributed by atoms with Gasteiger partial charge in [0.25, 0.3) is 0 Å². The number of hydrogen-bond acceptors (Lipinski definition) is 3. The van der Waals surface area contributed by atoms with Crippen molar-refractivity contribution in [3.8, 4) is 0 Å². The summed E-state index contributed by atoms with van der Waals surface area (Å²) in [5, 5.41) is 31.6. The molecule has 0 radical (unpaired) electrons. The van der Waals surface area contributed by atoms with E-state index in [4.69, 9.17) is 0 Å². The molecule has 0 saturated carbocycles. The number of aliphatic hydroxyl groups is 2. The molecule has 0 aliphatic carbocycles. The molecule has 0 aromatic heterocycles. The Morgan fingerprint density at radius 3 is 0.906 bits per heavy atom. The molecular formula is C28H59NO3. The zero-order valence-electron chi connectivity index (χ0n) is 22.2. The van der Waals surface area contributed by atoms with Gasteiger partial charge < -0.3 is 20.1 Å². The third-order valence-corrected chi connectivity index (χ3v) is 7.13. The molecule has 2 atom stereocenters. The molecule has 0 fully saturated rings. The highest BCUT2D eigenvalue weighted by Gasteiger charge is 2.27. The van der Waals surface area contributed by atoms with Crippen molar-refractivity contribution >= 4 is 0 Å². The van der Waals surface area contributed by atoms with Crippen LogP contribution >= 0.6 is 0 Å². The van der Waals surface area contributed by atoms with E-state index in [2.05, 4.69) is 6.92 Å². The maximum Gasteiger partial charge on any atom is 0.189 e. The summed E-state index contributed by atoms with van der Waals surface area (Å²) in [4.78, 5) is 0. The molecule has 4 heteroatoms. The van der Waals surface area contributed by atoms with Crippen LogP contribution in [0, 0.1) is 5.21 Å². The van der Waals surface area contributed by atoms with E-state index >= 15 is 0 Å². The molecule has 0 spiro atoms. The van der Waals surface area contributed by atoms with Crippen molar-refractivity contribution in [2.24, 2.45) is 0 Å². The number of nitrogens with zero attached hydrogens (tertiary/aromatic N) is 1. The summed E-state index contributed by atoms with van der Waals surface area (Å²) in [6.45, 7) is 5.53. The Morgan fingerprint density at radius 2 is 0.688 bits per heavy atom. The van der Waals surface area contributed by atoms with E-state index in [1.807, 2.05) is 0 Å². The summed E-state index contributed by atoms with van der Waals surface area (Å²) < 4.78 is -0.904. The minimum Gasteiger partial charge on any atom is -0.629 e. The van der Waals surface area contributed by atoms with Crippen LogP contribution in [0.3, 0.4) is 0 Å². The lowest BCUT2D eigenvalue weighted by Crippen LogP contribution is -2.55. The average Bonchev–Trinajstić information content (AvgIpc) is 2.76. The van der Waals surface area contributed by atoms with Crippen molar-refractivity contribution in [1.29, 1.82) is 0 Å². The van der Waals surface area contributed by atoms with Crippen LogP contribution < -0.4 is 0 Å². The lowest BCUT2D eigenvalue weighted by Gasteiger charge is -2.47. The first-order valence-electron chi connectivity index (χ1n) is 14.4. The van der Waals surface area contributed by atoms with E-state index < -0.39 is 17.1 Å². The Bertz CT molecular complexity index is 366. The molecule has 0 aromatic rings. The smallest absolute Gasteiger partial charge is 0.189 e. The summed E-state index contributed by atoms with van der Waals surface area (Å²) in [5.74, 6) is 0. The third-order valence-electron chi connectivity index (χ3n) is 7.13. The molecule has 2 N–H and O–H groups in total. The van der Waals surface area contributed by atoms with E-state index in [0.29, 0.717) is 6.54 Å². The molecule has 0 saturated heterocycles. The standard InChI is InChI=1S/C28H59NO3/c1-4-5-6-7-8-9-10-11-12-13-14-15-16-17-18-19-20-21-22-23-24-25-26-29(32,27(2)30)28(3)31/h27-28,30-31H,4-26H2,1-3H3. The van der Waals surface area contributed by atoms with Crippen LogP contribution in [0.25, 0.3) is 0 Å². The summed E-state index contributed by atoms with van der Waals surface area (Å²) in [6, 6.07) is 0. The fourth-order valence-corrected chi connectivity index (χ4v) is 4.65. The summed E-state index contributed by atoms with van der Waals surface area (Å²) in [6.07, 6.45) is 27.5. The molecule has 4 nitrogen and oxygen atoms in total. The zero-order valence-corrected chi connectivity index (χ0v) is 22.2. The molecule has 0 heterocycles. The van der Waals surface area contributed by atoms with Gasteiger partial charge in [0, 0.05) is 13.8 Å². The second-order valence-electron chi connectivity index (χ2n) is 10.3. The van der Waals surface area contributed by atoms with Crippen LogP contribution in [0.4, 0.5) is 0 Å². The first kappa shape index (κ1) is 31.8. The zero-order chi connectivity index (χ0) is 23.9. The van der Waals surface area contributed by atoms with Gasteiger partial charge in [0.2, 0.25) is 0 Å². The van der Waals surface area contributed by atoms with Gasteiger partial charge in [0.05, 0.1) is 6.54 Å². The van der Waals surface area contributed by atoms with E-state index in [9.17, 15) is 15.4 Å². The van der Waals surface area contributed by atoms with E-state index in [0.717, 1.165) is 19.3 Å². The van der Waals surface area contributed by atoms with Crippen molar-refractivity contribution in [3.05, 3.63) is 5.21 Å².